The standard InChI is InChI=1S/C9H10ClFN2O2S/c10-7-6(11)8(14)13(9(15)12-7)5-2-1-3-16-4-5/h5H,1-4H2,(H,12,15). The summed E-state index contributed by atoms with van der Waals surface area (Å²) in [5.41, 5.74) is -1.56. The molecule has 0 amide bonds. The minimum absolute atomic E-state index is 0.234. The molecular weight excluding hydrogens is 255 g/mol. The van der Waals surface area contributed by atoms with Gasteiger partial charge in [0.2, 0.25) is 5.82 Å². The molecule has 0 saturated carbocycles. The van der Waals surface area contributed by atoms with Gasteiger partial charge in [-0.05, 0) is 18.6 Å². The third-order valence-electron chi connectivity index (χ3n) is 2.54. The van der Waals surface area contributed by atoms with Crippen LogP contribution in [0.3, 0.4) is 0 Å². The summed E-state index contributed by atoms with van der Waals surface area (Å²) in [7, 11) is 0. The molecule has 0 spiro atoms. The van der Waals surface area contributed by atoms with Gasteiger partial charge in [-0.3, -0.25) is 14.3 Å². The third-order valence-corrected chi connectivity index (χ3v) is 3.99. The maximum absolute atomic E-state index is 13.3. The zero-order chi connectivity index (χ0) is 11.7. The summed E-state index contributed by atoms with van der Waals surface area (Å²) in [5, 5.41) is -0.519. The Morgan fingerprint density at radius 1 is 1.50 bits per heavy atom. The molecule has 1 saturated heterocycles. The Bertz CT molecular complexity index is 507. The fourth-order valence-electron chi connectivity index (χ4n) is 1.76. The third kappa shape index (κ3) is 2.04. The van der Waals surface area contributed by atoms with E-state index in [1.807, 2.05) is 0 Å². The summed E-state index contributed by atoms with van der Waals surface area (Å²) < 4.78 is 14.2. The average molecular weight is 265 g/mol. The average Bonchev–Trinajstić information content (AvgIpc) is 2.28. The molecule has 1 unspecified atom stereocenters. The first-order valence-corrected chi connectivity index (χ1v) is 6.42. The molecule has 1 aromatic heterocycles. The Morgan fingerprint density at radius 2 is 2.25 bits per heavy atom. The number of aromatic nitrogens is 2. The van der Waals surface area contributed by atoms with Crippen molar-refractivity contribution in [2.24, 2.45) is 0 Å². The van der Waals surface area contributed by atoms with Crippen LogP contribution >= 0.6 is 23.4 Å². The van der Waals surface area contributed by atoms with Crippen LogP contribution in [0, 0.1) is 5.82 Å². The van der Waals surface area contributed by atoms with Crippen LogP contribution in [0.2, 0.25) is 5.15 Å². The summed E-state index contributed by atoms with van der Waals surface area (Å²) in [4.78, 5) is 25.3. The molecule has 1 aliphatic rings. The number of hydrogen-bond acceptors (Lipinski definition) is 3. The van der Waals surface area contributed by atoms with Crippen LogP contribution in [0.4, 0.5) is 4.39 Å². The van der Waals surface area contributed by atoms with Crippen molar-refractivity contribution in [3.8, 4) is 0 Å². The Morgan fingerprint density at radius 3 is 2.88 bits per heavy atom. The number of hydrogen-bond donors (Lipinski definition) is 1. The smallest absolute Gasteiger partial charge is 0.295 e. The van der Waals surface area contributed by atoms with Crippen molar-refractivity contribution in [2.75, 3.05) is 11.5 Å². The molecule has 1 atom stereocenters. The quantitative estimate of drug-likeness (QED) is 0.780. The highest BCUT2D eigenvalue weighted by atomic mass is 35.5. The lowest BCUT2D eigenvalue weighted by Gasteiger charge is -2.22. The fraction of sp³-hybridized carbons (Fsp3) is 0.556. The van der Waals surface area contributed by atoms with Gasteiger partial charge < -0.3 is 0 Å². The largest absolute Gasteiger partial charge is 0.329 e. The first-order valence-electron chi connectivity index (χ1n) is 4.89. The van der Waals surface area contributed by atoms with Gasteiger partial charge in [0, 0.05) is 5.75 Å². The summed E-state index contributed by atoms with van der Waals surface area (Å²) in [6.07, 6.45) is 1.64. The second-order valence-corrected chi connectivity index (χ2v) is 5.13. The van der Waals surface area contributed by atoms with Crippen molar-refractivity contribution in [3.05, 3.63) is 31.8 Å². The molecule has 1 N–H and O–H groups in total. The molecule has 88 valence electrons. The molecule has 2 rings (SSSR count). The molecule has 1 aromatic rings. The lowest BCUT2D eigenvalue weighted by atomic mass is 10.2. The second-order valence-electron chi connectivity index (χ2n) is 3.60. The number of thioether (sulfide) groups is 1. The predicted octanol–water partition coefficient (Wildman–Crippen LogP) is 1.40. The normalized spacial score (nSPS) is 21.0. The zero-order valence-electron chi connectivity index (χ0n) is 8.33. The summed E-state index contributed by atoms with van der Waals surface area (Å²) in [5.74, 6) is 0.584. The van der Waals surface area contributed by atoms with Crippen molar-refractivity contribution in [1.82, 2.24) is 9.55 Å². The van der Waals surface area contributed by atoms with Gasteiger partial charge in [0.1, 0.15) is 0 Å². The molecule has 1 fully saturated rings. The number of H-pyrrole nitrogens is 1. The fourth-order valence-corrected chi connectivity index (χ4v) is 3.05. The summed E-state index contributed by atoms with van der Waals surface area (Å²) >= 11 is 7.04. The van der Waals surface area contributed by atoms with Gasteiger partial charge in [0.15, 0.2) is 5.15 Å². The lowest BCUT2D eigenvalue weighted by molar-refractivity contribution is 0.443. The van der Waals surface area contributed by atoms with Crippen LogP contribution in [-0.2, 0) is 0 Å². The van der Waals surface area contributed by atoms with E-state index in [2.05, 4.69) is 4.98 Å². The van der Waals surface area contributed by atoms with Gasteiger partial charge in [0.05, 0.1) is 6.04 Å². The molecule has 0 bridgehead atoms. The molecule has 16 heavy (non-hydrogen) atoms. The van der Waals surface area contributed by atoms with Crippen LogP contribution in [0.25, 0.3) is 0 Å². The lowest BCUT2D eigenvalue weighted by Crippen LogP contribution is -2.41. The molecule has 0 aromatic carbocycles. The van der Waals surface area contributed by atoms with E-state index < -0.39 is 22.2 Å². The van der Waals surface area contributed by atoms with E-state index in [1.165, 1.54) is 0 Å². The highest BCUT2D eigenvalue weighted by Crippen LogP contribution is 2.24. The number of nitrogens with one attached hydrogen (secondary N) is 1. The number of nitrogens with zero attached hydrogens (tertiary/aromatic N) is 1. The molecule has 0 radical (unpaired) electrons. The SMILES string of the molecule is O=c1[nH]c(Cl)c(F)c(=O)n1C1CCCSC1. The van der Waals surface area contributed by atoms with Crippen molar-refractivity contribution >= 4 is 23.4 Å². The summed E-state index contributed by atoms with van der Waals surface area (Å²) in [6.45, 7) is 0. The van der Waals surface area contributed by atoms with Gasteiger partial charge in [-0.2, -0.15) is 16.2 Å². The summed E-state index contributed by atoms with van der Waals surface area (Å²) in [6, 6.07) is -0.234. The topological polar surface area (TPSA) is 54.9 Å². The highest BCUT2D eigenvalue weighted by molar-refractivity contribution is 7.99. The van der Waals surface area contributed by atoms with Gasteiger partial charge in [-0.15, -0.1) is 0 Å². The van der Waals surface area contributed by atoms with E-state index >= 15 is 0 Å². The van der Waals surface area contributed by atoms with Crippen LogP contribution in [-0.4, -0.2) is 21.1 Å². The van der Waals surface area contributed by atoms with Crippen LogP contribution in [0.1, 0.15) is 18.9 Å². The molecule has 0 aliphatic carbocycles. The second kappa shape index (κ2) is 4.63. The van der Waals surface area contributed by atoms with Crippen molar-refractivity contribution < 1.29 is 4.39 Å². The zero-order valence-corrected chi connectivity index (χ0v) is 9.91. The first kappa shape index (κ1) is 11.7. The van der Waals surface area contributed by atoms with Crippen LogP contribution < -0.4 is 11.2 Å². The molecule has 1 aliphatic heterocycles. The van der Waals surface area contributed by atoms with E-state index in [1.54, 1.807) is 11.8 Å². The highest BCUT2D eigenvalue weighted by Gasteiger charge is 2.22. The minimum Gasteiger partial charge on any atom is -0.295 e. The monoisotopic (exact) mass is 264 g/mol. The Hall–Kier alpha value is -0.750. The van der Waals surface area contributed by atoms with E-state index in [0.717, 1.165) is 23.2 Å². The molecule has 7 heteroatoms. The number of rotatable bonds is 1. The minimum atomic E-state index is -1.09. The van der Waals surface area contributed by atoms with Crippen molar-refractivity contribution in [3.63, 3.8) is 0 Å². The maximum Gasteiger partial charge on any atom is 0.329 e. The van der Waals surface area contributed by atoms with Crippen molar-refractivity contribution in [1.29, 1.82) is 0 Å². The van der Waals surface area contributed by atoms with E-state index in [9.17, 15) is 14.0 Å². The maximum atomic E-state index is 13.3. The number of halogens is 2. The first-order chi connectivity index (χ1) is 7.61. The van der Waals surface area contributed by atoms with Crippen LogP contribution in [0.15, 0.2) is 9.59 Å². The van der Waals surface area contributed by atoms with Gasteiger partial charge in [-0.1, -0.05) is 11.6 Å². The van der Waals surface area contributed by atoms with E-state index in [-0.39, 0.29) is 6.04 Å². The molecule has 2 heterocycles. The molecular formula is C9H10ClFN2O2S. The van der Waals surface area contributed by atoms with E-state index in [4.69, 9.17) is 11.6 Å². The van der Waals surface area contributed by atoms with Crippen molar-refractivity contribution in [2.45, 2.75) is 18.9 Å². The Balaban J connectivity index is 2.51. The van der Waals surface area contributed by atoms with E-state index in [0.29, 0.717) is 5.75 Å². The molecule has 4 nitrogen and oxygen atoms in total. The van der Waals surface area contributed by atoms with Gasteiger partial charge in [0.25, 0.3) is 5.56 Å². The van der Waals surface area contributed by atoms with Gasteiger partial charge >= 0.3 is 5.69 Å². The van der Waals surface area contributed by atoms with Crippen LogP contribution in [0.5, 0.6) is 0 Å². The Labute approximate surface area is 99.8 Å². The predicted molar refractivity (Wildman–Crippen MR) is 61.9 cm³/mol. The van der Waals surface area contributed by atoms with Gasteiger partial charge in [-0.25, -0.2) is 4.79 Å². The Kier molecular flexibility index (Phi) is 3.39. The number of aromatic amines is 1.